The van der Waals surface area contributed by atoms with E-state index >= 15 is 0 Å². The van der Waals surface area contributed by atoms with E-state index in [0.29, 0.717) is 16.9 Å². The Balaban J connectivity index is 1.75. The third kappa shape index (κ3) is 3.30. The topological polar surface area (TPSA) is 72.7 Å². The number of anilines is 1. The molecule has 6 nitrogen and oxygen atoms in total. The normalized spacial score (nSPS) is 11.0. The monoisotopic (exact) mass is 349 g/mol. The number of halogens is 2. The van der Waals surface area contributed by atoms with E-state index in [9.17, 15) is 13.6 Å². The van der Waals surface area contributed by atoms with Gasteiger partial charge in [-0.2, -0.15) is 5.10 Å². The zero-order valence-corrected chi connectivity index (χ0v) is 13.6. The summed E-state index contributed by atoms with van der Waals surface area (Å²) in [6.45, 7) is 3.84. The van der Waals surface area contributed by atoms with Crippen molar-refractivity contribution in [2.24, 2.45) is 0 Å². The van der Waals surface area contributed by atoms with Crippen molar-refractivity contribution >= 4 is 22.4 Å². The summed E-state index contributed by atoms with van der Waals surface area (Å²) in [5.41, 5.74) is 3.10. The van der Waals surface area contributed by atoms with Crippen LogP contribution < -0.4 is 5.32 Å². The van der Waals surface area contributed by atoms with Crippen LogP contribution in [0.2, 0.25) is 0 Å². The molecule has 3 rings (SSSR count). The van der Waals surface area contributed by atoms with E-state index < -0.39 is 17.3 Å². The molecule has 0 fully saturated rings. The minimum Gasteiger partial charge on any atom is -0.296 e. The molecule has 1 amide bonds. The average molecular weight is 349 g/mol. The van der Waals surface area contributed by atoms with Gasteiger partial charge in [-0.1, -0.05) is 11.3 Å². The number of rotatable bonds is 4. The summed E-state index contributed by atoms with van der Waals surface area (Å²) in [6, 6.07) is 8.75. The highest BCUT2D eigenvalue weighted by Crippen LogP contribution is 2.25. The maximum atomic E-state index is 12.5. The highest BCUT2D eigenvalue weighted by atomic mass is 32.1. The smallest absolute Gasteiger partial charge is 0.291 e. The van der Waals surface area contributed by atoms with Crippen molar-refractivity contribution in [3.8, 4) is 5.69 Å². The first kappa shape index (κ1) is 16.2. The summed E-state index contributed by atoms with van der Waals surface area (Å²) in [5, 5.41) is 13.3. The fourth-order valence-electron chi connectivity index (χ4n) is 2.19. The van der Waals surface area contributed by atoms with Crippen molar-refractivity contribution < 1.29 is 13.6 Å². The number of nitrogens with zero attached hydrogens (tertiary/aromatic N) is 4. The van der Waals surface area contributed by atoms with Crippen molar-refractivity contribution in [2.75, 3.05) is 5.32 Å². The molecule has 0 radical (unpaired) electrons. The molecule has 1 aromatic carbocycles. The molecule has 0 bridgehead atoms. The van der Waals surface area contributed by atoms with E-state index in [-0.39, 0.29) is 5.13 Å². The molecule has 0 aliphatic rings. The van der Waals surface area contributed by atoms with Crippen LogP contribution in [0.4, 0.5) is 13.9 Å². The Bertz CT molecular complexity index is 872. The number of alkyl halides is 2. The second kappa shape index (κ2) is 6.44. The molecule has 0 atom stereocenters. The van der Waals surface area contributed by atoms with Crippen molar-refractivity contribution in [3.05, 3.63) is 52.3 Å². The van der Waals surface area contributed by atoms with Crippen LogP contribution in [0.1, 0.15) is 33.2 Å². The number of aryl methyl sites for hydroxylation is 2. The Morgan fingerprint density at radius 3 is 2.46 bits per heavy atom. The van der Waals surface area contributed by atoms with Gasteiger partial charge in [-0.3, -0.25) is 10.1 Å². The van der Waals surface area contributed by atoms with E-state index in [1.807, 2.05) is 19.9 Å². The first-order valence-electron chi connectivity index (χ1n) is 7.00. The van der Waals surface area contributed by atoms with Gasteiger partial charge in [0.2, 0.25) is 5.13 Å². The number of carbonyl (C=O) groups is 1. The largest absolute Gasteiger partial charge is 0.296 e. The van der Waals surface area contributed by atoms with E-state index in [1.165, 1.54) is 0 Å². The Labute approximate surface area is 140 Å². The number of carbonyl (C=O) groups excluding carboxylic acids is 1. The molecular formula is C15H13F2N5OS. The highest BCUT2D eigenvalue weighted by Gasteiger charge is 2.16. The molecule has 9 heteroatoms. The number of aromatic nitrogens is 4. The van der Waals surface area contributed by atoms with Crippen molar-refractivity contribution in [3.63, 3.8) is 0 Å². The van der Waals surface area contributed by atoms with Crippen LogP contribution >= 0.6 is 11.3 Å². The van der Waals surface area contributed by atoms with Gasteiger partial charge in [0.25, 0.3) is 12.3 Å². The lowest BCUT2D eigenvalue weighted by atomic mass is 10.2. The molecule has 0 spiro atoms. The second-order valence-corrected chi connectivity index (χ2v) is 6.10. The molecule has 124 valence electrons. The lowest BCUT2D eigenvalue weighted by Gasteiger charge is -2.06. The van der Waals surface area contributed by atoms with Gasteiger partial charge >= 0.3 is 0 Å². The van der Waals surface area contributed by atoms with Crippen LogP contribution in [-0.4, -0.2) is 25.9 Å². The predicted octanol–water partition coefficient (Wildman–Crippen LogP) is 3.53. The fraction of sp³-hybridized carbons (Fsp3) is 0.200. The molecule has 0 saturated carbocycles. The molecule has 24 heavy (non-hydrogen) atoms. The molecule has 0 aliphatic heterocycles. The molecule has 0 saturated heterocycles. The van der Waals surface area contributed by atoms with Gasteiger partial charge in [0, 0.05) is 11.3 Å². The quantitative estimate of drug-likeness (QED) is 0.782. The summed E-state index contributed by atoms with van der Waals surface area (Å²) < 4.78 is 26.7. The highest BCUT2D eigenvalue weighted by molar-refractivity contribution is 7.15. The summed E-state index contributed by atoms with van der Waals surface area (Å²) in [5.74, 6) is -0.438. The summed E-state index contributed by atoms with van der Waals surface area (Å²) >= 11 is 0.650. The van der Waals surface area contributed by atoms with Gasteiger partial charge in [0.05, 0.1) is 11.4 Å². The van der Waals surface area contributed by atoms with Crippen LogP contribution in [0, 0.1) is 13.8 Å². The van der Waals surface area contributed by atoms with Crippen LogP contribution in [0.3, 0.4) is 0 Å². The average Bonchev–Trinajstić information content (AvgIpc) is 3.14. The minimum absolute atomic E-state index is 0.0397. The SMILES string of the molecule is Cc1cc(C)n(-c2ccc(C(=O)Nc3nnc(C(F)F)s3)cc2)n1. The standard InChI is InChI=1S/C15H13F2N5OS/c1-8-7-9(2)22(21-8)11-5-3-10(4-6-11)13(23)18-15-20-19-14(24-15)12(16)17/h3-7,12H,1-2H3,(H,18,20,23). The lowest BCUT2D eigenvalue weighted by molar-refractivity contribution is 0.102. The Hall–Kier alpha value is -2.68. The zero-order valence-electron chi connectivity index (χ0n) is 12.8. The Kier molecular flexibility index (Phi) is 4.34. The fourth-order valence-corrected chi connectivity index (χ4v) is 2.78. The zero-order chi connectivity index (χ0) is 17.3. The molecule has 3 aromatic rings. The summed E-state index contributed by atoms with van der Waals surface area (Å²) in [6.07, 6.45) is -2.70. The van der Waals surface area contributed by atoms with Crippen LogP contribution in [0.15, 0.2) is 30.3 Å². The molecule has 0 unspecified atom stereocenters. The minimum atomic E-state index is -2.70. The molecular weight excluding hydrogens is 336 g/mol. The van der Waals surface area contributed by atoms with Gasteiger partial charge in [-0.05, 0) is 44.2 Å². The molecule has 2 aromatic heterocycles. The summed E-state index contributed by atoms with van der Waals surface area (Å²) in [7, 11) is 0. The van der Waals surface area contributed by atoms with Crippen molar-refractivity contribution in [1.82, 2.24) is 20.0 Å². The number of benzene rings is 1. The first-order valence-corrected chi connectivity index (χ1v) is 7.82. The third-order valence-corrected chi connectivity index (χ3v) is 4.08. The van der Waals surface area contributed by atoms with E-state index in [0.717, 1.165) is 17.1 Å². The van der Waals surface area contributed by atoms with Crippen molar-refractivity contribution in [2.45, 2.75) is 20.3 Å². The van der Waals surface area contributed by atoms with Gasteiger partial charge in [0.1, 0.15) is 0 Å². The summed E-state index contributed by atoms with van der Waals surface area (Å²) in [4.78, 5) is 12.1. The van der Waals surface area contributed by atoms with Crippen LogP contribution in [0.25, 0.3) is 5.69 Å². The maximum Gasteiger partial charge on any atom is 0.291 e. The van der Waals surface area contributed by atoms with Crippen molar-refractivity contribution in [1.29, 1.82) is 0 Å². The van der Waals surface area contributed by atoms with Gasteiger partial charge in [-0.15, -0.1) is 10.2 Å². The molecule has 2 heterocycles. The van der Waals surface area contributed by atoms with Crippen LogP contribution in [0.5, 0.6) is 0 Å². The van der Waals surface area contributed by atoms with E-state index in [2.05, 4.69) is 20.6 Å². The van der Waals surface area contributed by atoms with Crippen LogP contribution in [-0.2, 0) is 0 Å². The van der Waals surface area contributed by atoms with Gasteiger partial charge in [-0.25, -0.2) is 13.5 Å². The number of hydrogen-bond acceptors (Lipinski definition) is 5. The maximum absolute atomic E-state index is 12.5. The Morgan fingerprint density at radius 1 is 1.21 bits per heavy atom. The second-order valence-electron chi connectivity index (χ2n) is 5.09. The van der Waals surface area contributed by atoms with E-state index in [4.69, 9.17) is 0 Å². The van der Waals surface area contributed by atoms with E-state index in [1.54, 1.807) is 28.9 Å². The molecule has 1 N–H and O–H groups in total. The Morgan fingerprint density at radius 2 is 1.92 bits per heavy atom. The van der Waals surface area contributed by atoms with Gasteiger partial charge in [0.15, 0.2) is 5.01 Å². The molecule has 0 aliphatic carbocycles. The first-order chi connectivity index (χ1) is 11.4. The van der Waals surface area contributed by atoms with Gasteiger partial charge < -0.3 is 0 Å². The predicted molar refractivity (Wildman–Crippen MR) is 85.9 cm³/mol. The number of hydrogen-bond donors (Lipinski definition) is 1. The third-order valence-electron chi connectivity index (χ3n) is 3.23. The lowest BCUT2D eigenvalue weighted by Crippen LogP contribution is -2.12. The number of amides is 1. The number of nitrogens with one attached hydrogen (secondary N) is 1.